The van der Waals surface area contributed by atoms with Crippen LogP contribution in [0.5, 0.6) is 0 Å². The molecule has 5 rings (SSSR count). The standard InChI is InChI=1S/C32H52O2/c1-10-32-16-13-21(19(2)3)25(32)22-11-12-24-30(8,29(22,7)17-18-32)15-14-23-28(5,6)26(33)20(4)27(34)31(23,24)9/h20-25,27,34H,2,10-18H2,1,3-9H3/t20-,21+,22-,23+,24+,25-,27+,29-,30-,31+,32-/m1/s1. The number of allylic oxidation sites excluding steroid dienone is 1. The van der Waals surface area contributed by atoms with Crippen molar-refractivity contribution < 1.29 is 9.90 Å². The van der Waals surface area contributed by atoms with Crippen molar-refractivity contribution in [2.75, 3.05) is 0 Å². The molecule has 11 atom stereocenters. The first-order valence-corrected chi connectivity index (χ1v) is 14.6. The molecule has 192 valence electrons. The van der Waals surface area contributed by atoms with Crippen LogP contribution in [0.4, 0.5) is 0 Å². The summed E-state index contributed by atoms with van der Waals surface area (Å²) in [6, 6.07) is 0. The first kappa shape index (κ1) is 25.0. The summed E-state index contributed by atoms with van der Waals surface area (Å²) in [6.45, 7) is 23.3. The normalized spacial score (nSPS) is 56.1. The van der Waals surface area contributed by atoms with Gasteiger partial charge in [0.25, 0.3) is 0 Å². The summed E-state index contributed by atoms with van der Waals surface area (Å²) in [5.41, 5.74) is 1.95. The Hall–Kier alpha value is -0.630. The summed E-state index contributed by atoms with van der Waals surface area (Å²) in [6.07, 6.45) is 11.1. The van der Waals surface area contributed by atoms with Gasteiger partial charge >= 0.3 is 0 Å². The van der Waals surface area contributed by atoms with Gasteiger partial charge in [-0.25, -0.2) is 0 Å². The molecular formula is C32H52O2. The Labute approximate surface area is 209 Å². The highest BCUT2D eigenvalue weighted by Gasteiger charge is 2.72. The number of carbonyl (C=O) groups is 1. The molecule has 0 unspecified atom stereocenters. The maximum Gasteiger partial charge on any atom is 0.144 e. The molecule has 0 saturated heterocycles. The van der Waals surface area contributed by atoms with Gasteiger partial charge in [-0.3, -0.25) is 4.79 Å². The number of ketones is 1. The number of aliphatic hydroxyl groups is 1. The van der Waals surface area contributed by atoms with Crippen molar-refractivity contribution >= 4 is 5.78 Å². The molecule has 34 heavy (non-hydrogen) atoms. The van der Waals surface area contributed by atoms with E-state index in [4.69, 9.17) is 0 Å². The van der Waals surface area contributed by atoms with Crippen LogP contribution in [0.25, 0.3) is 0 Å². The van der Waals surface area contributed by atoms with E-state index >= 15 is 0 Å². The lowest BCUT2D eigenvalue weighted by atomic mass is 9.31. The molecule has 0 radical (unpaired) electrons. The number of fused-ring (bicyclic) bond motifs is 7. The highest BCUT2D eigenvalue weighted by Crippen LogP contribution is 2.77. The molecule has 5 aliphatic rings. The quantitative estimate of drug-likeness (QED) is 0.419. The van der Waals surface area contributed by atoms with Gasteiger partial charge in [0.15, 0.2) is 0 Å². The van der Waals surface area contributed by atoms with E-state index in [2.05, 4.69) is 55.0 Å². The van der Waals surface area contributed by atoms with Crippen LogP contribution in [-0.4, -0.2) is 17.0 Å². The fourth-order valence-electron chi connectivity index (χ4n) is 12.2. The Morgan fingerprint density at radius 3 is 2.24 bits per heavy atom. The zero-order valence-corrected chi connectivity index (χ0v) is 23.5. The number of hydrogen-bond donors (Lipinski definition) is 1. The predicted octanol–water partition coefficient (Wildman–Crippen LogP) is 7.84. The van der Waals surface area contributed by atoms with Gasteiger partial charge in [-0.2, -0.15) is 0 Å². The molecule has 5 saturated carbocycles. The average molecular weight is 469 g/mol. The molecule has 0 spiro atoms. The molecule has 0 bridgehead atoms. The minimum absolute atomic E-state index is 0.180. The zero-order valence-electron chi connectivity index (χ0n) is 23.5. The molecule has 2 heteroatoms. The lowest BCUT2D eigenvalue weighted by Crippen LogP contribution is -2.70. The highest BCUT2D eigenvalue weighted by molar-refractivity contribution is 5.88. The van der Waals surface area contributed by atoms with E-state index in [9.17, 15) is 9.90 Å². The Bertz CT molecular complexity index is 887. The smallest absolute Gasteiger partial charge is 0.144 e. The van der Waals surface area contributed by atoms with Crippen molar-refractivity contribution in [2.24, 2.45) is 62.6 Å². The van der Waals surface area contributed by atoms with Gasteiger partial charge < -0.3 is 5.11 Å². The van der Waals surface area contributed by atoms with E-state index in [1.165, 1.54) is 56.9 Å². The third-order valence-corrected chi connectivity index (χ3v) is 14.1. The maximum absolute atomic E-state index is 13.3. The van der Waals surface area contributed by atoms with Crippen molar-refractivity contribution in [1.29, 1.82) is 0 Å². The summed E-state index contributed by atoms with van der Waals surface area (Å²) in [7, 11) is 0. The van der Waals surface area contributed by atoms with E-state index in [0.29, 0.717) is 22.7 Å². The third-order valence-electron chi connectivity index (χ3n) is 14.1. The molecule has 5 aliphatic carbocycles. The first-order chi connectivity index (χ1) is 15.7. The van der Waals surface area contributed by atoms with Gasteiger partial charge in [0, 0.05) is 16.7 Å². The van der Waals surface area contributed by atoms with Crippen LogP contribution in [0.2, 0.25) is 0 Å². The van der Waals surface area contributed by atoms with E-state index < -0.39 is 6.10 Å². The minimum atomic E-state index is -0.518. The molecule has 0 aromatic heterocycles. The largest absolute Gasteiger partial charge is 0.392 e. The number of hydrogen-bond acceptors (Lipinski definition) is 2. The van der Waals surface area contributed by atoms with Gasteiger partial charge in [-0.1, -0.05) is 67.0 Å². The van der Waals surface area contributed by atoms with E-state index in [1.54, 1.807) is 0 Å². The Kier molecular flexibility index (Phi) is 5.49. The van der Waals surface area contributed by atoms with Crippen LogP contribution in [0.1, 0.15) is 113 Å². The molecule has 0 amide bonds. The van der Waals surface area contributed by atoms with Gasteiger partial charge in [-0.05, 0) is 104 Å². The molecule has 0 heterocycles. The van der Waals surface area contributed by atoms with Gasteiger partial charge in [0.2, 0.25) is 0 Å². The van der Waals surface area contributed by atoms with Crippen LogP contribution in [0.15, 0.2) is 12.2 Å². The van der Waals surface area contributed by atoms with Crippen molar-refractivity contribution in [1.82, 2.24) is 0 Å². The average Bonchev–Trinajstić information content (AvgIpc) is 3.17. The molecule has 0 aliphatic heterocycles. The minimum Gasteiger partial charge on any atom is -0.392 e. The lowest BCUT2D eigenvalue weighted by Gasteiger charge is -2.73. The Morgan fingerprint density at radius 2 is 1.62 bits per heavy atom. The Morgan fingerprint density at radius 1 is 0.941 bits per heavy atom. The lowest BCUT2D eigenvalue weighted by molar-refractivity contribution is -0.261. The van der Waals surface area contributed by atoms with Gasteiger partial charge in [-0.15, -0.1) is 0 Å². The highest BCUT2D eigenvalue weighted by atomic mass is 16.3. The monoisotopic (exact) mass is 468 g/mol. The zero-order chi connectivity index (χ0) is 25.1. The summed E-state index contributed by atoms with van der Waals surface area (Å²) in [4.78, 5) is 13.3. The summed E-state index contributed by atoms with van der Waals surface area (Å²) in [5, 5.41) is 11.8. The molecule has 0 aromatic rings. The molecular weight excluding hydrogens is 416 g/mol. The second-order valence-electron chi connectivity index (χ2n) is 15.1. The third kappa shape index (κ3) is 2.71. The molecule has 5 fully saturated rings. The van der Waals surface area contributed by atoms with Crippen molar-refractivity contribution in [2.45, 2.75) is 119 Å². The SMILES string of the molecule is C=C(C)[C@@H]1CC[C@]2(CC)CC[C@]3(C)[C@H](CC[C@@H]4[C@@]5(C)[C@@H](O)[C@H](C)C(=O)C(C)(C)[C@@H]5CC[C@]43C)[C@@H]12. The number of aliphatic hydroxyl groups excluding tert-OH is 1. The van der Waals surface area contributed by atoms with E-state index in [-0.39, 0.29) is 33.9 Å². The van der Waals surface area contributed by atoms with Crippen LogP contribution in [-0.2, 0) is 4.79 Å². The van der Waals surface area contributed by atoms with Gasteiger partial charge in [0.05, 0.1) is 6.10 Å². The Balaban J connectivity index is 1.59. The van der Waals surface area contributed by atoms with Crippen molar-refractivity contribution in [3.63, 3.8) is 0 Å². The fraction of sp³-hybridized carbons (Fsp3) is 0.906. The second kappa shape index (κ2) is 7.45. The number of Topliss-reactive ketones (excluding diaryl/α,β-unsaturated/α-hetero) is 1. The number of carbonyl (C=O) groups excluding carboxylic acids is 1. The molecule has 2 nitrogen and oxygen atoms in total. The molecule has 1 N–H and O–H groups in total. The maximum atomic E-state index is 13.3. The van der Waals surface area contributed by atoms with Crippen LogP contribution < -0.4 is 0 Å². The molecule has 0 aromatic carbocycles. The predicted molar refractivity (Wildman–Crippen MR) is 140 cm³/mol. The second-order valence-corrected chi connectivity index (χ2v) is 15.1. The first-order valence-electron chi connectivity index (χ1n) is 14.6. The topological polar surface area (TPSA) is 37.3 Å². The fourth-order valence-corrected chi connectivity index (χ4v) is 12.2. The van der Waals surface area contributed by atoms with Crippen LogP contribution in [0, 0.1) is 62.6 Å². The van der Waals surface area contributed by atoms with Crippen LogP contribution >= 0.6 is 0 Å². The summed E-state index contributed by atoms with van der Waals surface area (Å²) in [5.74, 6) is 3.03. The number of rotatable bonds is 2. The van der Waals surface area contributed by atoms with Crippen LogP contribution in [0.3, 0.4) is 0 Å². The van der Waals surface area contributed by atoms with E-state index in [1.807, 2.05) is 6.92 Å². The summed E-state index contributed by atoms with van der Waals surface area (Å²) < 4.78 is 0. The van der Waals surface area contributed by atoms with E-state index in [0.717, 1.165) is 18.3 Å². The van der Waals surface area contributed by atoms with Crippen molar-refractivity contribution in [3.05, 3.63) is 12.2 Å². The summed E-state index contributed by atoms with van der Waals surface area (Å²) >= 11 is 0. The van der Waals surface area contributed by atoms with Gasteiger partial charge in [0.1, 0.15) is 5.78 Å². The van der Waals surface area contributed by atoms with Crippen molar-refractivity contribution in [3.8, 4) is 0 Å².